The van der Waals surface area contributed by atoms with Crippen molar-refractivity contribution in [1.29, 1.82) is 0 Å². The van der Waals surface area contributed by atoms with Gasteiger partial charge in [-0.15, -0.1) is 0 Å². The maximum atomic E-state index is 13.4. The second kappa shape index (κ2) is 6.22. The number of rotatable bonds is 2. The van der Waals surface area contributed by atoms with E-state index in [2.05, 4.69) is 11.1 Å². The van der Waals surface area contributed by atoms with E-state index in [1.165, 1.54) is 0 Å². The van der Waals surface area contributed by atoms with E-state index in [9.17, 15) is 4.79 Å². The molecule has 2 heterocycles. The molecule has 0 atom stereocenters. The number of aromatic nitrogens is 2. The molecule has 0 unspecified atom stereocenters. The largest absolute Gasteiger partial charge is 0.284 e. The van der Waals surface area contributed by atoms with Crippen LogP contribution in [0.4, 0.5) is 0 Å². The highest BCUT2D eigenvalue weighted by atomic mass is 16.1. The van der Waals surface area contributed by atoms with Crippen LogP contribution in [0.5, 0.6) is 0 Å². The van der Waals surface area contributed by atoms with Crippen molar-refractivity contribution < 1.29 is 0 Å². The van der Waals surface area contributed by atoms with Crippen LogP contribution >= 0.6 is 0 Å². The number of fused-ring (bicyclic) bond motifs is 2. The average Bonchev–Trinajstić information content (AvgIpc) is 2.74. The molecule has 2 aromatic heterocycles. The summed E-state index contributed by atoms with van der Waals surface area (Å²) in [6.45, 7) is 0. The van der Waals surface area contributed by atoms with E-state index in [0.717, 1.165) is 33.0 Å². The van der Waals surface area contributed by atoms with Crippen LogP contribution in [0.25, 0.3) is 38.4 Å². The number of hydrogen-bond donors (Lipinski definition) is 0. The van der Waals surface area contributed by atoms with Gasteiger partial charge in [-0.05, 0) is 34.5 Å². The van der Waals surface area contributed by atoms with Gasteiger partial charge < -0.3 is 0 Å². The average molecular weight is 348 g/mol. The fraction of sp³-hybridized carbons (Fsp3) is 0. The van der Waals surface area contributed by atoms with Gasteiger partial charge in [0.15, 0.2) is 0 Å². The van der Waals surface area contributed by atoms with Gasteiger partial charge in [-0.2, -0.15) is 0 Å². The van der Waals surface area contributed by atoms with Gasteiger partial charge in [0, 0.05) is 35.2 Å². The molecule has 0 amide bonds. The van der Waals surface area contributed by atoms with Crippen molar-refractivity contribution in [2.24, 2.45) is 0 Å². The first kappa shape index (κ1) is 15.5. The summed E-state index contributed by atoms with van der Waals surface area (Å²) in [7, 11) is 0. The van der Waals surface area contributed by atoms with Gasteiger partial charge in [0.1, 0.15) is 0 Å². The molecular formula is C24H16N2O. The molecule has 128 valence electrons. The fourth-order valence-electron chi connectivity index (χ4n) is 3.64. The zero-order chi connectivity index (χ0) is 18.2. The van der Waals surface area contributed by atoms with Gasteiger partial charge in [0.2, 0.25) is 0 Å². The standard InChI is InChI=1S/C24H16N2O/c27-24-23-17(13-14-26(24)19-9-2-1-3-10-19)8-6-12-21(23)22-16-25-15-18-7-4-5-11-20(18)22/h1-16H. The van der Waals surface area contributed by atoms with Crippen molar-refractivity contribution in [3.63, 3.8) is 0 Å². The summed E-state index contributed by atoms with van der Waals surface area (Å²) in [5.41, 5.74) is 2.71. The minimum atomic E-state index is -0.0257. The van der Waals surface area contributed by atoms with E-state index in [-0.39, 0.29) is 5.56 Å². The molecule has 0 radical (unpaired) electrons. The van der Waals surface area contributed by atoms with Crippen LogP contribution in [0.2, 0.25) is 0 Å². The summed E-state index contributed by atoms with van der Waals surface area (Å²) in [6, 6.07) is 25.8. The van der Waals surface area contributed by atoms with Gasteiger partial charge in [-0.25, -0.2) is 0 Å². The Morgan fingerprint density at radius 1 is 0.667 bits per heavy atom. The first-order valence-corrected chi connectivity index (χ1v) is 8.86. The predicted octanol–water partition coefficient (Wildman–Crippen LogP) is 5.21. The molecule has 27 heavy (non-hydrogen) atoms. The van der Waals surface area contributed by atoms with Crippen molar-refractivity contribution in [1.82, 2.24) is 9.55 Å². The second-order valence-corrected chi connectivity index (χ2v) is 6.50. The van der Waals surface area contributed by atoms with Gasteiger partial charge in [0.25, 0.3) is 5.56 Å². The molecule has 3 heteroatoms. The number of nitrogens with zero attached hydrogens (tertiary/aromatic N) is 2. The van der Waals surface area contributed by atoms with Gasteiger partial charge in [0.05, 0.1) is 5.39 Å². The number of benzene rings is 3. The van der Waals surface area contributed by atoms with Crippen LogP contribution in [-0.2, 0) is 0 Å². The molecular weight excluding hydrogens is 332 g/mol. The Kier molecular flexibility index (Phi) is 3.58. The number of para-hydroxylation sites is 1. The maximum absolute atomic E-state index is 13.4. The highest BCUT2D eigenvalue weighted by Crippen LogP contribution is 2.31. The fourth-order valence-corrected chi connectivity index (χ4v) is 3.64. The SMILES string of the molecule is O=c1c2c(-c3cncc4ccccc34)cccc2ccn1-c1ccccc1. The third-order valence-electron chi connectivity index (χ3n) is 4.93. The molecule has 0 aliphatic rings. The summed E-state index contributed by atoms with van der Waals surface area (Å²) in [5, 5.41) is 3.79. The first-order valence-electron chi connectivity index (χ1n) is 8.86. The molecule has 0 aliphatic carbocycles. The van der Waals surface area contributed by atoms with E-state index in [0.29, 0.717) is 5.39 Å². The highest BCUT2D eigenvalue weighted by molar-refractivity contribution is 6.04. The maximum Gasteiger partial charge on any atom is 0.263 e. The Labute approximate surface area is 156 Å². The van der Waals surface area contributed by atoms with Crippen LogP contribution in [0, 0.1) is 0 Å². The topological polar surface area (TPSA) is 34.9 Å². The molecule has 5 rings (SSSR count). The minimum absolute atomic E-state index is 0.0257. The molecule has 0 N–H and O–H groups in total. The Bertz CT molecular complexity index is 1330. The van der Waals surface area contributed by atoms with Crippen molar-refractivity contribution in [3.8, 4) is 16.8 Å². The zero-order valence-electron chi connectivity index (χ0n) is 14.5. The van der Waals surface area contributed by atoms with E-state index in [1.807, 2.05) is 91.4 Å². The molecule has 0 saturated heterocycles. The van der Waals surface area contributed by atoms with Gasteiger partial charge in [-0.1, -0.05) is 60.7 Å². The van der Waals surface area contributed by atoms with Crippen LogP contribution < -0.4 is 5.56 Å². The third kappa shape index (κ3) is 2.52. The summed E-state index contributed by atoms with van der Waals surface area (Å²) in [5.74, 6) is 0. The van der Waals surface area contributed by atoms with E-state index in [1.54, 1.807) is 4.57 Å². The lowest BCUT2D eigenvalue weighted by molar-refractivity contribution is 1.01. The van der Waals surface area contributed by atoms with Crippen LogP contribution in [0.1, 0.15) is 0 Å². The summed E-state index contributed by atoms with van der Waals surface area (Å²) < 4.78 is 1.70. The molecule has 0 spiro atoms. The van der Waals surface area contributed by atoms with Crippen LogP contribution in [0.3, 0.4) is 0 Å². The summed E-state index contributed by atoms with van der Waals surface area (Å²) in [6.07, 6.45) is 5.54. The monoisotopic (exact) mass is 348 g/mol. The Balaban J connectivity index is 1.87. The van der Waals surface area contributed by atoms with Crippen molar-refractivity contribution in [2.75, 3.05) is 0 Å². The van der Waals surface area contributed by atoms with Crippen LogP contribution in [0.15, 0.2) is 102 Å². The Hall–Kier alpha value is -3.72. The third-order valence-corrected chi connectivity index (χ3v) is 4.93. The molecule has 5 aromatic rings. The smallest absolute Gasteiger partial charge is 0.263 e. The molecule has 0 fully saturated rings. The molecule has 3 aromatic carbocycles. The summed E-state index contributed by atoms with van der Waals surface area (Å²) in [4.78, 5) is 17.8. The van der Waals surface area contributed by atoms with Crippen molar-refractivity contribution >= 4 is 21.5 Å². The predicted molar refractivity (Wildman–Crippen MR) is 110 cm³/mol. The van der Waals surface area contributed by atoms with Gasteiger partial charge >= 0.3 is 0 Å². The highest BCUT2D eigenvalue weighted by Gasteiger charge is 2.12. The lowest BCUT2D eigenvalue weighted by Gasteiger charge is -2.12. The number of pyridine rings is 2. The molecule has 0 saturated carbocycles. The lowest BCUT2D eigenvalue weighted by atomic mass is 9.96. The van der Waals surface area contributed by atoms with Crippen LogP contribution in [-0.4, -0.2) is 9.55 Å². The van der Waals surface area contributed by atoms with E-state index < -0.39 is 0 Å². The lowest BCUT2D eigenvalue weighted by Crippen LogP contribution is -2.18. The van der Waals surface area contributed by atoms with E-state index in [4.69, 9.17) is 0 Å². The zero-order valence-corrected chi connectivity index (χ0v) is 14.5. The summed E-state index contributed by atoms with van der Waals surface area (Å²) >= 11 is 0. The molecule has 0 aliphatic heterocycles. The minimum Gasteiger partial charge on any atom is -0.284 e. The quantitative estimate of drug-likeness (QED) is 0.439. The normalized spacial score (nSPS) is 11.1. The van der Waals surface area contributed by atoms with Crippen molar-refractivity contribution in [3.05, 3.63) is 108 Å². The Morgan fingerprint density at radius 2 is 1.44 bits per heavy atom. The Morgan fingerprint density at radius 3 is 2.33 bits per heavy atom. The number of hydrogen-bond acceptors (Lipinski definition) is 2. The van der Waals surface area contributed by atoms with Crippen molar-refractivity contribution in [2.45, 2.75) is 0 Å². The molecule has 3 nitrogen and oxygen atoms in total. The second-order valence-electron chi connectivity index (χ2n) is 6.50. The first-order chi connectivity index (χ1) is 13.3. The van der Waals surface area contributed by atoms with E-state index >= 15 is 0 Å². The van der Waals surface area contributed by atoms with Gasteiger partial charge in [-0.3, -0.25) is 14.3 Å². The molecule has 0 bridgehead atoms.